The molecular weight excluding hydrogens is 256 g/mol. The van der Waals surface area contributed by atoms with E-state index >= 15 is 0 Å². The number of rotatable bonds is 2. The standard InChI is InChI=1S/C14H12N4O2/c1-9-3-5-11(6-4-9)12-13(18(19)20)17-8-7-10(2)15-14(17)16-12/h3-8H,1-2H3. The van der Waals surface area contributed by atoms with E-state index in [0.717, 1.165) is 11.3 Å². The molecule has 0 fully saturated rings. The number of hydrogen-bond acceptors (Lipinski definition) is 4. The van der Waals surface area contributed by atoms with E-state index in [-0.39, 0.29) is 5.82 Å². The number of hydrogen-bond donors (Lipinski definition) is 0. The minimum Gasteiger partial charge on any atom is -0.358 e. The maximum atomic E-state index is 11.3. The molecule has 0 radical (unpaired) electrons. The van der Waals surface area contributed by atoms with Crippen LogP contribution in [0.1, 0.15) is 11.3 Å². The Bertz CT molecular complexity index is 806. The van der Waals surface area contributed by atoms with Gasteiger partial charge >= 0.3 is 11.6 Å². The quantitative estimate of drug-likeness (QED) is 0.529. The number of aromatic nitrogens is 3. The highest BCUT2D eigenvalue weighted by Crippen LogP contribution is 2.29. The SMILES string of the molecule is Cc1ccc(-c2nc3nc(C)ccn3c2[N+](=O)[O-])cc1. The summed E-state index contributed by atoms with van der Waals surface area (Å²) in [6, 6.07) is 9.19. The van der Waals surface area contributed by atoms with Crippen LogP contribution in [0.15, 0.2) is 36.5 Å². The molecule has 0 saturated heterocycles. The first-order valence-electron chi connectivity index (χ1n) is 6.13. The molecule has 100 valence electrons. The van der Waals surface area contributed by atoms with Crippen LogP contribution in [0.4, 0.5) is 5.82 Å². The summed E-state index contributed by atoms with van der Waals surface area (Å²) >= 11 is 0. The van der Waals surface area contributed by atoms with Gasteiger partial charge in [-0.25, -0.2) is 0 Å². The molecule has 0 aliphatic carbocycles. The van der Waals surface area contributed by atoms with Crippen LogP contribution in [0.3, 0.4) is 0 Å². The monoisotopic (exact) mass is 268 g/mol. The van der Waals surface area contributed by atoms with Crippen molar-refractivity contribution in [2.75, 3.05) is 0 Å². The van der Waals surface area contributed by atoms with Crippen molar-refractivity contribution in [1.29, 1.82) is 0 Å². The average molecular weight is 268 g/mol. The maximum absolute atomic E-state index is 11.3. The number of fused-ring (bicyclic) bond motifs is 1. The summed E-state index contributed by atoms with van der Waals surface area (Å²) in [7, 11) is 0. The predicted octanol–water partition coefficient (Wildman–Crippen LogP) is 2.92. The van der Waals surface area contributed by atoms with Crippen LogP contribution in [0.5, 0.6) is 0 Å². The van der Waals surface area contributed by atoms with E-state index in [1.807, 2.05) is 38.1 Å². The van der Waals surface area contributed by atoms with Gasteiger partial charge in [-0.3, -0.25) is 0 Å². The topological polar surface area (TPSA) is 73.3 Å². The van der Waals surface area contributed by atoms with Gasteiger partial charge in [0.25, 0.3) is 0 Å². The zero-order valence-corrected chi connectivity index (χ0v) is 11.1. The molecule has 2 heterocycles. The fraction of sp³-hybridized carbons (Fsp3) is 0.143. The van der Waals surface area contributed by atoms with Gasteiger partial charge in [-0.2, -0.15) is 14.4 Å². The van der Waals surface area contributed by atoms with Crippen LogP contribution in [0.25, 0.3) is 17.0 Å². The predicted molar refractivity (Wildman–Crippen MR) is 74.6 cm³/mol. The van der Waals surface area contributed by atoms with Crippen LogP contribution in [-0.4, -0.2) is 19.3 Å². The molecular formula is C14H12N4O2. The summed E-state index contributed by atoms with van der Waals surface area (Å²) in [5, 5.41) is 11.3. The number of aryl methyl sites for hydroxylation is 2. The summed E-state index contributed by atoms with van der Waals surface area (Å²) in [6.07, 6.45) is 1.63. The highest BCUT2D eigenvalue weighted by atomic mass is 16.6. The lowest BCUT2D eigenvalue weighted by molar-refractivity contribution is -0.389. The second-order valence-corrected chi connectivity index (χ2v) is 4.65. The number of nitro groups is 1. The molecule has 20 heavy (non-hydrogen) atoms. The molecule has 0 spiro atoms. The van der Waals surface area contributed by atoms with Gasteiger partial charge in [-0.1, -0.05) is 29.8 Å². The Morgan fingerprint density at radius 2 is 1.80 bits per heavy atom. The molecule has 0 saturated carbocycles. The molecule has 6 nitrogen and oxygen atoms in total. The van der Waals surface area contributed by atoms with E-state index in [1.165, 1.54) is 4.40 Å². The van der Waals surface area contributed by atoms with Crippen molar-refractivity contribution in [2.24, 2.45) is 0 Å². The van der Waals surface area contributed by atoms with E-state index in [0.29, 0.717) is 17.0 Å². The second-order valence-electron chi connectivity index (χ2n) is 4.65. The van der Waals surface area contributed by atoms with Gasteiger partial charge in [0.15, 0.2) is 5.69 Å². The third-order valence-corrected chi connectivity index (χ3v) is 3.11. The number of nitrogens with zero attached hydrogens (tertiary/aromatic N) is 4. The van der Waals surface area contributed by atoms with E-state index in [4.69, 9.17) is 0 Å². The number of imidazole rings is 1. The second kappa shape index (κ2) is 4.41. The highest BCUT2D eigenvalue weighted by Gasteiger charge is 2.24. The first-order chi connectivity index (χ1) is 9.56. The smallest absolute Gasteiger partial charge is 0.357 e. The molecule has 0 aliphatic heterocycles. The third kappa shape index (κ3) is 1.91. The molecule has 0 aliphatic rings. The molecule has 0 unspecified atom stereocenters. The Balaban J connectivity index is 2.31. The minimum absolute atomic E-state index is 0.0589. The minimum atomic E-state index is -0.424. The molecule has 1 aromatic carbocycles. The summed E-state index contributed by atoms with van der Waals surface area (Å²) in [6.45, 7) is 3.79. The Morgan fingerprint density at radius 3 is 2.45 bits per heavy atom. The fourth-order valence-corrected chi connectivity index (χ4v) is 2.09. The van der Waals surface area contributed by atoms with Crippen LogP contribution < -0.4 is 0 Å². The lowest BCUT2D eigenvalue weighted by atomic mass is 10.1. The molecule has 0 atom stereocenters. The van der Waals surface area contributed by atoms with Crippen LogP contribution in [-0.2, 0) is 0 Å². The normalized spacial score (nSPS) is 10.9. The lowest BCUT2D eigenvalue weighted by Crippen LogP contribution is -1.97. The van der Waals surface area contributed by atoms with Crippen molar-refractivity contribution in [1.82, 2.24) is 14.4 Å². The maximum Gasteiger partial charge on any atom is 0.357 e. The molecule has 0 bridgehead atoms. The molecule has 0 N–H and O–H groups in total. The number of benzene rings is 1. The molecule has 3 rings (SSSR count). The van der Waals surface area contributed by atoms with Crippen molar-refractivity contribution in [2.45, 2.75) is 13.8 Å². The largest absolute Gasteiger partial charge is 0.358 e. The Morgan fingerprint density at radius 1 is 1.10 bits per heavy atom. The van der Waals surface area contributed by atoms with Gasteiger partial charge in [0.1, 0.15) is 6.20 Å². The first kappa shape index (κ1) is 12.3. The van der Waals surface area contributed by atoms with Gasteiger partial charge in [-0.05, 0) is 24.8 Å². The summed E-state index contributed by atoms with van der Waals surface area (Å²) in [5.74, 6) is 0.281. The van der Waals surface area contributed by atoms with Crippen molar-refractivity contribution in [3.63, 3.8) is 0 Å². The molecule has 3 aromatic rings. The van der Waals surface area contributed by atoms with Crippen molar-refractivity contribution in [3.05, 3.63) is 57.9 Å². The van der Waals surface area contributed by atoms with Gasteiger partial charge in [-0.15, -0.1) is 0 Å². The Kier molecular flexibility index (Phi) is 2.71. The van der Waals surface area contributed by atoms with Gasteiger partial charge in [0.2, 0.25) is 0 Å². The van der Waals surface area contributed by atoms with E-state index in [2.05, 4.69) is 9.97 Å². The third-order valence-electron chi connectivity index (χ3n) is 3.11. The Hall–Kier alpha value is -2.76. The van der Waals surface area contributed by atoms with Gasteiger partial charge < -0.3 is 10.1 Å². The van der Waals surface area contributed by atoms with Crippen molar-refractivity contribution >= 4 is 11.6 Å². The average Bonchev–Trinajstić information content (AvgIpc) is 2.77. The molecule has 0 amide bonds. The molecule has 6 heteroatoms. The zero-order chi connectivity index (χ0) is 14.3. The Labute approximate surface area is 114 Å². The van der Waals surface area contributed by atoms with E-state index in [1.54, 1.807) is 12.3 Å². The molecule has 2 aromatic heterocycles. The summed E-state index contributed by atoms with van der Waals surface area (Å²) in [4.78, 5) is 19.4. The van der Waals surface area contributed by atoms with Gasteiger partial charge in [0, 0.05) is 11.3 Å². The first-order valence-corrected chi connectivity index (χ1v) is 6.13. The van der Waals surface area contributed by atoms with Crippen LogP contribution >= 0.6 is 0 Å². The van der Waals surface area contributed by atoms with Crippen molar-refractivity contribution in [3.8, 4) is 11.3 Å². The van der Waals surface area contributed by atoms with Crippen molar-refractivity contribution < 1.29 is 4.92 Å². The fourth-order valence-electron chi connectivity index (χ4n) is 2.09. The van der Waals surface area contributed by atoms with E-state index in [9.17, 15) is 10.1 Å². The van der Waals surface area contributed by atoms with Crippen LogP contribution in [0, 0.1) is 24.0 Å². The summed E-state index contributed by atoms with van der Waals surface area (Å²) < 4.78 is 1.40. The van der Waals surface area contributed by atoms with Crippen LogP contribution in [0.2, 0.25) is 0 Å². The zero-order valence-electron chi connectivity index (χ0n) is 11.1. The highest BCUT2D eigenvalue weighted by molar-refractivity contribution is 5.71. The summed E-state index contributed by atoms with van der Waals surface area (Å²) in [5.41, 5.74) is 2.92. The van der Waals surface area contributed by atoms with Gasteiger partial charge in [0.05, 0.1) is 0 Å². The van der Waals surface area contributed by atoms with E-state index < -0.39 is 4.92 Å². The lowest BCUT2D eigenvalue weighted by Gasteiger charge is -1.99.